The molecule has 1 heterocycles. The zero-order valence-corrected chi connectivity index (χ0v) is 6.83. The first-order valence-electron chi connectivity index (χ1n) is 3.91. The Labute approximate surface area is 66.8 Å². The van der Waals surface area contributed by atoms with Crippen molar-refractivity contribution in [3.05, 3.63) is 34.9 Å². The molecule has 1 nitrogen and oxygen atoms in total. The molecule has 1 aromatic carbocycles. The van der Waals surface area contributed by atoms with Crippen LogP contribution in [-0.2, 0) is 0 Å². The van der Waals surface area contributed by atoms with Crippen LogP contribution in [0, 0.1) is 6.92 Å². The van der Waals surface area contributed by atoms with Crippen molar-refractivity contribution in [3.8, 4) is 0 Å². The molecule has 0 spiro atoms. The van der Waals surface area contributed by atoms with Crippen LogP contribution in [0.4, 0.5) is 0 Å². The molecule has 0 radical (unpaired) electrons. The van der Waals surface area contributed by atoms with Gasteiger partial charge in [-0.1, -0.05) is 23.8 Å². The third-order valence-electron chi connectivity index (χ3n) is 2.13. The minimum Gasteiger partial charge on any atom is -0.285 e. The van der Waals surface area contributed by atoms with E-state index in [2.05, 4.69) is 37.0 Å². The highest BCUT2D eigenvalue weighted by Gasteiger charge is 2.12. The lowest BCUT2D eigenvalue weighted by molar-refractivity contribution is 0.844. The molecule has 1 aliphatic heterocycles. The number of nitrogens with zero attached hydrogens (tertiary/aromatic N) is 1. The normalized spacial score (nSPS) is 20.4. The Bertz CT molecular complexity index is 313. The van der Waals surface area contributed by atoms with Crippen molar-refractivity contribution in [1.29, 1.82) is 0 Å². The van der Waals surface area contributed by atoms with E-state index in [1.54, 1.807) is 0 Å². The second kappa shape index (κ2) is 2.19. The van der Waals surface area contributed by atoms with Gasteiger partial charge in [-0.3, -0.25) is 4.99 Å². The van der Waals surface area contributed by atoms with Crippen molar-refractivity contribution < 1.29 is 0 Å². The van der Waals surface area contributed by atoms with E-state index >= 15 is 0 Å². The van der Waals surface area contributed by atoms with Gasteiger partial charge in [-0.25, -0.2) is 0 Å². The van der Waals surface area contributed by atoms with Gasteiger partial charge >= 0.3 is 0 Å². The summed E-state index contributed by atoms with van der Waals surface area (Å²) in [5.41, 5.74) is 3.96. The summed E-state index contributed by atoms with van der Waals surface area (Å²) in [4.78, 5) is 4.32. The quantitative estimate of drug-likeness (QED) is 0.532. The third kappa shape index (κ3) is 0.967. The second-order valence-corrected chi connectivity index (χ2v) is 3.09. The van der Waals surface area contributed by atoms with Crippen LogP contribution < -0.4 is 0 Å². The molecule has 1 atom stereocenters. The highest BCUT2D eigenvalue weighted by Crippen LogP contribution is 2.25. The Morgan fingerprint density at radius 3 is 3.00 bits per heavy atom. The molecule has 0 saturated heterocycles. The number of fused-ring (bicyclic) bond motifs is 1. The van der Waals surface area contributed by atoms with Gasteiger partial charge in [-0.05, 0) is 25.0 Å². The summed E-state index contributed by atoms with van der Waals surface area (Å²) in [6, 6.07) is 6.86. The minimum absolute atomic E-state index is 0.366. The highest BCUT2D eigenvalue weighted by atomic mass is 14.8. The molecule has 0 fully saturated rings. The Hall–Kier alpha value is -1.11. The zero-order chi connectivity index (χ0) is 7.84. The molecule has 2 rings (SSSR count). The molecule has 11 heavy (non-hydrogen) atoms. The molecule has 0 unspecified atom stereocenters. The number of hydrogen-bond donors (Lipinski definition) is 0. The van der Waals surface area contributed by atoms with Crippen LogP contribution in [0.2, 0.25) is 0 Å². The lowest BCUT2D eigenvalue weighted by atomic mass is 10.0. The molecule has 0 amide bonds. The summed E-state index contributed by atoms with van der Waals surface area (Å²) in [5, 5.41) is 0. The van der Waals surface area contributed by atoms with E-state index in [0.29, 0.717) is 6.04 Å². The highest BCUT2D eigenvalue weighted by molar-refractivity contribution is 5.85. The van der Waals surface area contributed by atoms with Gasteiger partial charge in [0.25, 0.3) is 0 Å². The fourth-order valence-electron chi connectivity index (χ4n) is 1.46. The smallest absolute Gasteiger partial charge is 0.0727 e. The van der Waals surface area contributed by atoms with Gasteiger partial charge in [-0.15, -0.1) is 0 Å². The Morgan fingerprint density at radius 2 is 2.18 bits per heavy atom. The van der Waals surface area contributed by atoms with Crippen molar-refractivity contribution in [3.63, 3.8) is 0 Å². The van der Waals surface area contributed by atoms with Crippen LogP contribution in [-0.4, -0.2) is 6.21 Å². The van der Waals surface area contributed by atoms with Crippen molar-refractivity contribution in [2.45, 2.75) is 19.9 Å². The van der Waals surface area contributed by atoms with Gasteiger partial charge in [0, 0.05) is 6.21 Å². The largest absolute Gasteiger partial charge is 0.285 e. The first kappa shape index (κ1) is 6.59. The molecule has 56 valence electrons. The van der Waals surface area contributed by atoms with Gasteiger partial charge in [-0.2, -0.15) is 0 Å². The number of benzene rings is 1. The van der Waals surface area contributed by atoms with Gasteiger partial charge < -0.3 is 0 Å². The van der Waals surface area contributed by atoms with Crippen molar-refractivity contribution in [2.24, 2.45) is 4.99 Å². The van der Waals surface area contributed by atoms with Crippen LogP contribution in [0.1, 0.15) is 29.7 Å². The lowest BCUT2D eigenvalue weighted by Crippen LogP contribution is -1.87. The fourth-order valence-corrected chi connectivity index (χ4v) is 1.46. The van der Waals surface area contributed by atoms with Crippen LogP contribution >= 0.6 is 0 Å². The molecular weight excluding hydrogens is 134 g/mol. The molecule has 1 aliphatic rings. The summed E-state index contributed by atoms with van der Waals surface area (Å²) < 4.78 is 0. The second-order valence-electron chi connectivity index (χ2n) is 3.09. The average Bonchev–Trinajstić information content (AvgIpc) is 2.32. The maximum Gasteiger partial charge on any atom is 0.0727 e. The predicted molar refractivity (Wildman–Crippen MR) is 47.2 cm³/mol. The molecule has 0 aliphatic carbocycles. The average molecular weight is 145 g/mol. The fraction of sp³-hybridized carbons (Fsp3) is 0.300. The van der Waals surface area contributed by atoms with Gasteiger partial charge in [0.1, 0.15) is 0 Å². The Kier molecular flexibility index (Phi) is 1.31. The molecule has 0 N–H and O–H groups in total. The summed E-state index contributed by atoms with van der Waals surface area (Å²) in [5.74, 6) is 0. The van der Waals surface area contributed by atoms with E-state index in [0.717, 1.165) is 0 Å². The van der Waals surface area contributed by atoms with E-state index in [4.69, 9.17) is 0 Å². The molecule has 0 saturated carbocycles. The molecule has 0 aromatic heterocycles. The number of aliphatic imine (C=N–C) groups is 1. The summed E-state index contributed by atoms with van der Waals surface area (Å²) in [6.07, 6.45) is 1.97. The van der Waals surface area contributed by atoms with Gasteiger partial charge in [0.05, 0.1) is 6.04 Å². The Morgan fingerprint density at radius 1 is 1.36 bits per heavy atom. The molecule has 1 aromatic rings. The first-order valence-corrected chi connectivity index (χ1v) is 3.91. The topological polar surface area (TPSA) is 12.4 Å². The first-order chi connectivity index (χ1) is 5.27. The maximum absolute atomic E-state index is 4.32. The summed E-state index contributed by atoms with van der Waals surface area (Å²) in [7, 11) is 0. The predicted octanol–water partition coefficient (Wildman–Crippen LogP) is 2.49. The van der Waals surface area contributed by atoms with Gasteiger partial charge in [0.2, 0.25) is 0 Å². The van der Waals surface area contributed by atoms with E-state index < -0.39 is 0 Å². The number of hydrogen-bond acceptors (Lipinski definition) is 1. The van der Waals surface area contributed by atoms with E-state index in [1.807, 2.05) is 6.21 Å². The Balaban J connectivity index is 2.58. The van der Waals surface area contributed by atoms with Crippen molar-refractivity contribution in [1.82, 2.24) is 0 Å². The SMILES string of the molecule is Cc1ccc2c(c1)C=N[C@@H]2C. The van der Waals surface area contributed by atoms with Crippen molar-refractivity contribution >= 4 is 6.21 Å². The monoisotopic (exact) mass is 145 g/mol. The molecule has 1 heteroatoms. The maximum atomic E-state index is 4.32. The molecule has 0 bridgehead atoms. The zero-order valence-electron chi connectivity index (χ0n) is 6.83. The lowest BCUT2D eigenvalue weighted by Gasteiger charge is -2.02. The standard InChI is InChI=1S/C10H11N/c1-7-3-4-10-8(2)11-6-9(10)5-7/h3-6,8H,1-2H3/t8-/m1/s1. The van der Waals surface area contributed by atoms with Crippen LogP contribution in [0.3, 0.4) is 0 Å². The third-order valence-corrected chi connectivity index (χ3v) is 2.13. The number of aryl methyl sites for hydroxylation is 1. The van der Waals surface area contributed by atoms with E-state index in [1.165, 1.54) is 16.7 Å². The summed E-state index contributed by atoms with van der Waals surface area (Å²) in [6.45, 7) is 4.23. The number of rotatable bonds is 0. The van der Waals surface area contributed by atoms with E-state index in [9.17, 15) is 0 Å². The van der Waals surface area contributed by atoms with Crippen LogP contribution in [0.25, 0.3) is 0 Å². The summed E-state index contributed by atoms with van der Waals surface area (Å²) >= 11 is 0. The molecular formula is C10H11N. The van der Waals surface area contributed by atoms with Crippen LogP contribution in [0.5, 0.6) is 0 Å². The van der Waals surface area contributed by atoms with Crippen LogP contribution in [0.15, 0.2) is 23.2 Å². The van der Waals surface area contributed by atoms with Gasteiger partial charge in [0.15, 0.2) is 0 Å². The van der Waals surface area contributed by atoms with Crippen molar-refractivity contribution in [2.75, 3.05) is 0 Å². The van der Waals surface area contributed by atoms with E-state index in [-0.39, 0.29) is 0 Å². The minimum atomic E-state index is 0.366.